The van der Waals surface area contributed by atoms with E-state index < -0.39 is 12.8 Å². The van der Waals surface area contributed by atoms with Crippen molar-refractivity contribution in [3.8, 4) is 5.75 Å². The predicted molar refractivity (Wildman–Crippen MR) is 110 cm³/mol. The molecular weight excluding hydrogens is 413 g/mol. The number of benzene rings is 1. The standard InChI is InChI=1S/C21H29F3N4O3/c1-2-25-20(26-14-16-5-7-17(8-6-16)31-15-21(22,23)24)28-11-9-27(10-12-28)19(29)18-4-3-13-30-18/h5-8,18H,2-4,9-15H2,1H3,(H,25,26). The maximum Gasteiger partial charge on any atom is 0.422 e. The second-order valence-corrected chi connectivity index (χ2v) is 7.53. The molecule has 1 atom stereocenters. The normalized spacial score (nSPS) is 20.1. The maximum absolute atomic E-state index is 12.5. The van der Waals surface area contributed by atoms with Crippen molar-refractivity contribution in [2.45, 2.75) is 38.6 Å². The summed E-state index contributed by atoms with van der Waals surface area (Å²) in [5.41, 5.74) is 0.863. The zero-order valence-corrected chi connectivity index (χ0v) is 17.7. The van der Waals surface area contributed by atoms with E-state index in [1.807, 2.05) is 11.8 Å². The summed E-state index contributed by atoms with van der Waals surface area (Å²) in [4.78, 5) is 21.1. The SMILES string of the molecule is CCNC(=NCc1ccc(OCC(F)(F)F)cc1)N1CCN(C(=O)C2CCCO2)CC1. The summed E-state index contributed by atoms with van der Waals surface area (Å²) in [6, 6.07) is 6.44. The molecule has 0 aliphatic carbocycles. The van der Waals surface area contributed by atoms with Gasteiger partial charge in [0.2, 0.25) is 0 Å². The van der Waals surface area contributed by atoms with Gasteiger partial charge in [-0.25, -0.2) is 4.99 Å². The van der Waals surface area contributed by atoms with Gasteiger partial charge in [0.15, 0.2) is 12.6 Å². The van der Waals surface area contributed by atoms with Gasteiger partial charge in [-0.15, -0.1) is 0 Å². The van der Waals surface area contributed by atoms with Crippen molar-refractivity contribution in [1.29, 1.82) is 0 Å². The molecule has 0 radical (unpaired) electrons. The largest absolute Gasteiger partial charge is 0.484 e. The molecule has 0 saturated carbocycles. The van der Waals surface area contributed by atoms with E-state index in [1.165, 1.54) is 12.1 Å². The highest BCUT2D eigenvalue weighted by Crippen LogP contribution is 2.19. The van der Waals surface area contributed by atoms with Crippen LogP contribution >= 0.6 is 0 Å². The van der Waals surface area contributed by atoms with Gasteiger partial charge in [0.05, 0.1) is 6.54 Å². The van der Waals surface area contributed by atoms with Gasteiger partial charge in [0, 0.05) is 39.3 Å². The highest BCUT2D eigenvalue weighted by Gasteiger charge is 2.31. The van der Waals surface area contributed by atoms with Crippen LogP contribution in [0.3, 0.4) is 0 Å². The van der Waals surface area contributed by atoms with E-state index in [-0.39, 0.29) is 17.8 Å². The van der Waals surface area contributed by atoms with Gasteiger partial charge in [-0.3, -0.25) is 4.79 Å². The Hall–Kier alpha value is -2.49. The maximum atomic E-state index is 12.5. The molecule has 2 heterocycles. The lowest BCUT2D eigenvalue weighted by molar-refractivity contribution is -0.153. The van der Waals surface area contributed by atoms with Gasteiger partial charge in [-0.1, -0.05) is 12.1 Å². The number of amides is 1. The molecule has 2 aliphatic rings. The Morgan fingerprint density at radius 1 is 1.19 bits per heavy atom. The Kier molecular flexibility index (Phi) is 8.00. The van der Waals surface area contributed by atoms with Crippen LogP contribution in [0.5, 0.6) is 5.75 Å². The van der Waals surface area contributed by atoms with Crippen LogP contribution in [0.1, 0.15) is 25.3 Å². The highest BCUT2D eigenvalue weighted by atomic mass is 19.4. The average Bonchev–Trinajstić information content (AvgIpc) is 3.30. The summed E-state index contributed by atoms with van der Waals surface area (Å²) in [6.07, 6.45) is -2.93. The van der Waals surface area contributed by atoms with Gasteiger partial charge in [-0.2, -0.15) is 13.2 Å². The number of ether oxygens (including phenoxy) is 2. The molecule has 0 aromatic heterocycles. The molecule has 1 aromatic rings. The van der Waals surface area contributed by atoms with Crippen LogP contribution in [0.4, 0.5) is 13.2 Å². The van der Waals surface area contributed by atoms with E-state index >= 15 is 0 Å². The molecule has 1 aromatic carbocycles. The molecule has 0 spiro atoms. The van der Waals surface area contributed by atoms with E-state index in [4.69, 9.17) is 9.47 Å². The van der Waals surface area contributed by atoms with Gasteiger partial charge in [0.1, 0.15) is 11.9 Å². The smallest absolute Gasteiger partial charge is 0.422 e. The summed E-state index contributed by atoms with van der Waals surface area (Å²) in [6.45, 7) is 5.01. The summed E-state index contributed by atoms with van der Waals surface area (Å²) in [7, 11) is 0. The number of carbonyl (C=O) groups excluding carboxylic acids is 1. The number of piperazine rings is 1. The van der Waals surface area contributed by atoms with E-state index in [0.717, 1.165) is 24.4 Å². The Bertz CT molecular complexity index is 741. The fraction of sp³-hybridized carbons (Fsp3) is 0.619. The number of alkyl halides is 3. The molecule has 7 nitrogen and oxygen atoms in total. The Labute approximate surface area is 180 Å². The van der Waals surface area contributed by atoms with Crippen molar-refractivity contribution < 1.29 is 27.4 Å². The van der Waals surface area contributed by atoms with Gasteiger partial charge < -0.3 is 24.6 Å². The Morgan fingerprint density at radius 2 is 1.87 bits per heavy atom. The van der Waals surface area contributed by atoms with Crippen molar-refractivity contribution in [1.82, 2.24) is 15.1 Å². The Balaban J connectivity index is 1.52. The topological polar surface area (TPSA) is 66.4 Å². The molecule has 3 rings (SSSR count). The monoisotopic (exact) mass is 442 g/mol. The first-order valence-corrected chi connectivity index (χ1v) is 10.6. The van der Waals surface area contributed by atoms with Crippen molar-refractivity contribution >= 4 is 11.9 Å². The second-order valence-electron chi connectivity index (χ2n) is 7.53. The van der Waals surface area contributed by atoms with Crippen LogP contribution < -0.4 is 10.1 Å². The van der Waals surface area contributed by atoms with Crippen LogP contribution in [-0.4, -0.2) is 79.9 Å². The minimum Gasteiger partial charge on any atom is -0.484 e. The number of aliphatic imine (C=N–C) groups is 1. The van der Waals surface area contributed by atoms with Crippen molar-refractivity contribution in [2.24, 2.45) is 4.99 Å². The van der Waals surface area contributed by atoms with Crippen LogP contribution in [-0.2, 0) is 16.1 Å². The van der Waals surface area contributed by atoms with Crippen molar-refractivity contribution in [3.63, 3.8) is 0 Å². The number of hydrogen-bond donors (Lipinski definition) is 1. The fourth-order valence-electron chi connectivity index (χ4n) is 3.56. The predicted octanol–water partition coefficient (Wildman–Crippen LogP) is 2.42. The lowest BCUT2D eigenvalue weighted by Crippen LogP contribution is -2.55. The molecule has 1 unspecified atom stereocenters. The molecule has 1 amide bonds. The number of hydrogen-bond acceptors (Lipinski definition) is 4. The third kappa shape index (κ3) is 7.02. The first-order chi connectivity index (χ1) is 14.9. The van der Waals surface area contributed by atoms with E-state index in [2.05, 4.69) is 15.2 Å². The van der Waals surface area contributed by atoms with Crippen molar-refractivity contribution in [3.05, 3.63) is 29.8 Å². The molecule has 0 bridgehead atoms. The van der Waals surface area contributed by atoms with Gasteiger partial charge in [-0.05, 0) is 37.5 Å². The number of nitrogens with one attached hydrogen (secondary N) is 1. The first kappa shape index (κ1) is 23.2. The molecule has 31 heavy (non-hydrogen) atoms. The van der Waals surface area contributed by atoms with Crippen molar-refractivity contribution in [2.75, 3.05) is 45.9 Å². The lowest BCUT2D eigenvalue weighted by atomic mass is 10.2. The minimum atomic E-state index is -4.36. The zero-order chi connectivity index (χ0) is 22.3. The summed E-state index contributed by atoms with van der Waals surface area (Å²) in [5, 5.41) is 3.27. The third-order valence-electron chi connectivity index (χ3n) is 5.17. The van der Waals surface area contributed by atoms with Crippen LogP contribution in [0.25, 0.3) is 0 Å². The van der Waals surface area contributed by atoms with E-state index in [0.29, 0.717) is 45.9 Å². The molecule has 172 valence electrons. The number of carbonyl (C=O) groups is 1. The molecule has 10 heteroatoms. The lowest BCUT2D eigenvalue weighted by Gasteiger charge is -2.37. The first-order valence-electron chi connectivity index (χ1n) is 10.6. The second kappa shape index (κ2) is 10.7. The number of rotatable bonds is 6. The number of guanidine groups is 1. The Morgan fingerprint density at radius 3 is 2.45 bits per heavy atom. The number of nitrogens with zero attached hydrogens (tertiary/aromatic N) is 3. The molecule has 1 N–H and O–H groups in total. The third-order valence-corrected chi connectivity index (χ3v) is 5.17. The highest BCUT2D eigenvalue weighted by molar-refractivity contribution is 5.82. The van der Waals surface area contributed by atoms with Gasteiger partial charge in [0.25, 0.3) is 5.91 Å². The van der Waals surface area contributed by atoms with Crippen LogP contribution in [0.15, 0.2) is 29.3 Å². The van der Waals surface area contributed by atoms with Crippen LogP contribution in [0, 0.1) is 0 Å². The number of halogens is 3. The fourth-order valence-corrected chi connectivity index (χ4v) is 3.56. The van der Waals surface area contributed by atoms with Gasteiger partial charge >= 0.3 is 6.18 Å². The summed E-state index contributed by atoms with van der Waals surface area (Å²) >= 11 is 0. The van der Waals surface area contributed by atoms with E-state index in [1.54, 1.807) is 12.1 Å². The average molecular weight is 442 g/mol. The molecule has 2 aliphatic heterocycles. The minimum absolute atomic E-state index is 0.0759. The van der Waals surface area contributed by atoms with E-state index in [9.17, 15) is 18.0 Å². The van der Waals surface area contributed by atoms with Crippen LogP contribution in [0.2, 0.25) is 0 Å². The summed E-state index contributed by atoms with van der Waals surface area (Å²) in [5.74, 6) is 1.00. The molecule has 2 saturated heterocycles. The quantitative estimate of drug-likeness (QED) is 0.542. The zero-order valence-electron chi connectivity index (χ0n) is 17.7. The molecular formula is C21H29F3N4O3. The molecule has 2 fully saturated rings. The summed E-state index contributed by atoms with van der Waals surface area (Å²) < 4.78 is 47.0.